The molecule has 2 unspecified atom stereocenters. The average Bonchev–Trinajstić information content (AvgIpc) is 2.73. The van der Waals surface area contributed by atoms with E-state index >= 15 is 0 Å². The van der Waals surface area contributed by atoms with E-state index in [4.69, 9.17) is 9.47 Å². The van der Waals surface area contributed by atoms with E-state index < -0.39 is 0 Å². The van der Waals surface area contributed by atoms with E-state index in [1.165, 1.54) is 0 Å². The van der Waals surface area contributed by atoms with Crippen molar-refractivity contribution in [3.63, 3.8) is 0 Å². The van der Waals surface area contributed by atoms with Gasteiger partial charge in [0.2, 0.25) is 6.79 Å². The van der Waals surface area contributed by atoms with Gasteiger partial charge in [0, 0.05) is 18.2 Å². The first-order valence-electron chi connectivity index (χ1n) is 5.95. The van der Waals surface area contributed by atoms with Gasteiger partial charge >= 0.3 is 0 Å². The fourth-order valence-corrected chi connectivity index (χ4v) is 2.01. The van der Waals surface area contributed by atoms with Crippen LogP contribution in [0.15, 0.2) is 18.2 Å². The summed E-state index contributed by atoms with van der Waals surface area (Å²) in [5, 5.41) is 12.7. The Morgan fingerprint density at radius 2 is 2.18 bits per heavy atom. The first-order chi connectivity index (χ1) is 8.16. The Bertz CT molecular complexity index is 379. The van der Waals surface area contributed by atoms with Crippen LogP contribution in [0.1, 0.15) is 25.8 Å². The summed E-state index contributed by atoms with van der Waals surface area (Å²) in [6, 6.07) is 6.16. The number of rotatable bonds is 5. The molecule has 0 saturated heterocycles. The topological polar surface area (TPSA) is 50.7 Å². The van der Waals surface area contributed by atoms with Crippen molar-refractivity contribution in [2.45, 2.75) is 39.0 Å². The van der Waals surface area contributed by atoms with Gasteiger partial charge in [-0.25, -0.2) is 0 Å². The molecule has 4 nitrogen and oxygen atoms in total. The van der Waals surface area contributed by atoms with Crippen LogP contribution in [0.25, 0.3) is 0 Å². The maximum absolute atomic E-state index is 9.29. The summed E-state index contributed by atoms with van der Waals surface area (Å²) >= 11 is 0. The van der Waals surface area contributed by atoms with E-state index in [0.29, 0.717) is 6.79 Å². The minimum Gasteiger partial charge on any atom is -0.454 e. The second kappa shape index (κ2) is 5.38. The van der Waals surface area contributed by atoms with Gasteiger partial charge < -0.3 is 19.9 Å². The third-order valence-corrected chi connectivity index (χ3v) is 2.81. The number of ether oxygens (including phenoxy) is 2. The molecule has 2 N–H and O–H groups in total. The van der Waals surface area contributed by atoms with E-state index in [0.717, 1.165) is 30.0 Å². The van der Waals surface area contributed by atoms with E-state index in [1.807, 2.05) is 18.2 Å². The largest absolute Gasteiger partial charge is 0.454 e. The fourth-order valence-electron chi connectivity index (χ4n) is 2.01. The van der Waals surface area contributed by atoms with Gasteiger partial charge in [0.1, 0.15) is 0 Å². The number of fused-ring (bicyclic) bond motifs is 1. The predicted octanol–water partition coefficient (Wildman–Crippen LogP) is 1.66. The molecule has 0 spiro atoms. The molecule has 1 heterocycles. The Morgan fingerprint density at radius 3 is 2.94 bits per heavy atom. The summed E-state index contributed by atoms with van der Waals surface area (Å²) in [6.45, 7) is 4.89. The molecular formula is C13H19NO3. The van der Waals surface area contributed by atoms with Crippen LogP contribution in [-0.4, -0.2) is 24.0 Å². The van der Waals surface area contributed by atoms with E-state index in [2.05, 4.69) is 12.2 Å². The number of benzene rings is 1. The third kappa shape index (κ3) is 3.11. The molecule has 4 heteroatoms. The standard InChI is InChI=1S/C13H19NO3/c1-9(6-10(2)15)14-7-11-4-3-5-12-13(11)17-8-16-12/h3-5,9-10,14-15H,6-8H2,1-2H3. The summed E-state index contributed by atoms with van der Waals surface area (Å²) in [5.74, 6) is 1.65. The van der Waals surface area contributed by atoms with Gasteiger partial charge in [0.15, 0.2) is 11.5 Å². The summed E-state index contributed by atoms with van der Waals surface area (Å²) in [4.78, 5) is 0. The molecule has 1 aromatic rings. The first kappa shape index (κ1) is 12.2. The number of nitrogens with one attached hydrogen (secondary N) is 1. The van der Waals surface area contributed by atoms with Crippen LogP contribution in [0.5, 0.6) is 11.5 Å². The summed E-state index contributed by atoms with van der Waals surface area (Å²) in [5.41, 5.74) is 1.09. The smallest absolute Gasteiger partial charge is 0.231 e. The van der Waals surface area contributed by atoms with Crippen molar-refractivity contribution in [1.29, 1.82) is 0 Å². The van der Waals surface area contributed by atoms with Gasteiger partial charge in [0.25, 0.3) is 0 Å². The summed E-state index contributed by atoms with van der Waals surface area (Å²) in [6.07, 6.45) is 0.463. The Morgan fingerprint density at radius 1 is 1.35 bits per heavy atom. The molecule has 0 fully saturated rings. The molecule has 1 aliphatic rings. The zero-order chi connectivity index (χ0) is 12.3. The van der Waals surface area contributed by atoms with Crippen molar-refractivity contribution < 1.29 is 14.6 Å². The molecule has 0 amide bonds. The minimum atomic E-state index is -0.279. The highest BCUT2D eigenvalue weighted by Gasteiger charge is 2.17. The lowest BCUT2D eigenvalue weighted by Gasteiger charge is -2.16. The minimum absolute atomic E-state index is 0.271. The Hall–Kier alpha value is -1.26. The average molecular weight is 237 g/mol. The van der Waals surface area contributed by atoms with Gasteiger partial charge in [-0.2, -0.15) is 0 Å². The first-order valence-corrected chi connectivity index (χ1v) is 5.95. The van der Waals surface area contributed by atoms with Crippen LogP contribution in [-0.2, 0) is 6.54 Å². The highest BCUT2D eigenvalue weighted by Crippen LogP contribution is 2.35. The van der Waals surface area contributed by atoms with Crippen molar-refractivity contribution in [3.8, 4) is 11.5 Å². The quantitative estimate of drug-likeness (QED) is 0.818. The maximum Gasteiger partial charge on any atom is 0.231 e. The van der Waals surface area contributed by atoms with E-state index in [1.54, 1.807) is 6.92 Å². The lowest BCUT2D eigenvalue weighted by atomic mass is 10.1. The number of hydrogen-bond acceptors (Lipinski definition) is 4. The molecule has 1 aliphatic heterocycles. The molecular weight excluding hydrogens is 218 g/mol. The number of aliphatic hydroxyl groups excluding tert-OH is 1. The van der Waals surface area contributed by atoms with Gasteiger partial charge in [-0.3, -0.25) is 0 Å². The van der Waals surface area contributed by atoms with Crippen LogP contribution < -0.4 is 14.8 Å². The molecule has 94 valence electrons. The summed E-state index contributed by atoms with van der Waals surface area (Å²) < 4.78 is 10.8. The number of hydrogen-bond donors (Lipinski definition) is 2. The highest BCUT2D eigenvalue weighted by molar-refractivity contribution is 5.48. The van der Waals surface area contributed by atoms with Crippen molar-refractivity contribution in [1.82, 2.24) is 5.32 Å². The lowest BCUT2D eigenvalue weighted by Crippen LogP contribution is -2.28. The van der Waals surface area contributed by atoms with Crippen LogP contribution in [0, 0.1) is 0 Å². The van der Waals surface area contributed by atoms with E-state index in [9.17, 15) is 5.11 Å². The number of aliphatic hydroxyl groups is 1. The molecule has 0 saturated carbocycles. The normalized spacial score (nSPS) is 16.9. The molecule has 0 aliphatic carbocycles. The van der Waals surface area contributed by atoms with Crippen molar-refractivity contribution in [2.75, 3.05) is 6.79 Å². The molecule has 0 aromatic heterocycles. The predicted molar refractivity (Wildman–Crippen MR) is 65.2 cm³/mol. The Labute approximate surface area is 102 Å². The monoisotopic (exact) mass is 237 g/mol. The Balaban J connectivity index is 1.93. The van der Waals surface area contributed by atoms with Crippen molar-refractivity contribution in [2.24, 2.45) is 0 Å². The molecule has 0 bridgehead atoms. The Kier molecular flexibility index (Phi) is 3.86. The van der Waals surface area contributed by atoms with Crippen molar-refractivity contribution in [3.05, 3.63) is 23.8 Å². The van der Waals surface area contributed by atoms with Gasteiger partial charge in [-0.05, 0) is 26.3 Å². The van der Waals surface area contributed by atoms with Gasteiger partial charge in [-0.1, -0.05) is 12.1 Å². The second-order valence-corrected chi connectivity index (χ2v) is 4.52. The molecule has 0 radical (unpaired) electrons. The zero-order valence-electron chi connectivity index (χ0n) is 10.3. The van der Waals surface area contributed by atoms with Gasteiger partial charge in [-0.15, -0.1) is 0 Å². The highest BCUT2D eigenvalue weighted by atomic mass is 16.7. The second-order valence-electron chi connectivity index (χ2n) is 4.52. The van der Waals surface area contributed by atoms with Crippen LogP contribution in [0.4, 0.5) is 0 Å². The summed E-state index contributed by atoms with van der Waals surface area (Å²) in [7, 11) is 0. The maximum atomic E-state index is 9.29. The van der Waals surface area contributed by atoms with Crippen LogP contribution in [0.3, 0.4) is 0 Å². The van der Waals surface area contributed by atoms with Crippen molar-refractivity contribution >= 4 is 0 Å². The van der Waals surface area contributed by atoms with E-state index in [-0.39, 0.29) is 12.1 Å². The fraction of sp³-hybridized carbons (Fsp3) is 0.538. The molecule has 2 atom stereocenters. The van der Waals surface area contributed by atoms with Crippen LogP contribution >= 0.6 is 0 Å². The zero-order valence-corrected chi connectivity index (χ0v) is 10.3. The molecule has 1 aromatic carbocycles. The SMILES string of the molecule is CC(O)CC(C)NCc1cccc2c1OCO2. The van der Waals surface area contributed by atoms with Crippen LogP contribution in [0.2, 0.25) is 0 Å². The van der Waals surface area contributed by atoms with Gasteiger partial charge in [0.05, 0.1) is 6.10 Å². The lowest BCUT2D eigenvalue weighted by molar-refractivity contribution is 0.169. The third-order valence-electron chi connectivity index (χ3n) is 2.81. The molecule has 2 rings (SSSR count). The number of para-hydroxylation sites is 1. The molecule has 17 heavy (non-hydrogen) atoms.